The van der Waals surface area contributed by atoms with E-state index in [0.717, 1.165) is 32.5 Å². The molecule has 1 aliphatic heterocycles. The van der Waals surface area contributed by atoms with Crippen molar-refractivity contribution in [2.45, 2.75) is 25.8 Å². The molecule has 0 unspecified atom stereocenters. The summed E-state index contributed by atoms with van der Waals surface area (Å²) in [6, 6.07) is 0.407. The largest absolute Gasteiger partial charge is 0.341 e. The molecule has 0 spiro atoms. The summed E-state index contributed by atoms with van der Waals surface area (Å²) in [5.74, 6) is 0.556. The van der Waals surface area contributed by atoms with Gasteiger partial charge in [0.15, 0.2) is 0 Å². The molecule has 104 valence electrons. The minimum absolute atomic E-state index is 0.0713. The highest BCUT2D eigenvalue weighted by Gasteiger charge is 2.23. The summed E-state index contributed by atoms with van der Waals surface area (Å²) in [5.41, 5.74) is -0.0713. The fourth-order valence-electron chi connectivity index (χ4n) is 2.38. The van der Waals surface area contributed by atoms with Crippen molar-refractivity contribution < 1.29 is 4.92 Å². The standard InChI is InChI=1S/C12H19N5O2/c1-3-16-6-4-10(5-7-16)15(2)12-13-8-11(9-14-12)17(18)19/h8-10H,3-7H2,1-2H3. The highest BCUT2D eigenvalue weighted by Crippen LogP contribution is 2.19. The minimum atomic E-state index is -0.483. The minimum Gasteiger partial charge on any atom is -0.341 e. The first-order valence-corrected chi connectivity index (χ1v) is 6.53. The van der Waals surface area contributed by atoms with Gasteiger partial charge in [-0.25, -0.2) is 9.97 Å². The molecule has 7 heteroatoms. The van der Waals surface area contributed by atoms with Crippen molar-refractivity contribution in [2.75, 3.05) is 31.6 Å². The van der Waals surface area contributed by atoms with E-state index in [1.807, 2.05) is 11.9 Å². The number of hydrogen-bond acceptors (Lipinski definition) is 6. The molecule has 0 bridgehead atoms. The van der Waals surface area contributed by atoms with E-state index < -0.39 is 4.92 Å². The second kappa shape index (κ2) is 5.92. The number of likely N-dealkylation sites (tertiary alicyclic amines) is 1. The van der Waals surface area contributed by atoms with Crippen LogP contribution in [0.4, 0.5) is 11.6 Å². The van der Waals surface area contributed by atoms with Crippen LogP contribution in [-0.4, -0.2) is 52.5 Å². The van der Waals surface area contributed by atoms with Crippen molar-refractivity contribution in [2.24, 2.45) is 0 Å². The molecule has 19 heavy (non-hydrogen) atoms. The Bertz CT molecular complexity index is 428. The zero-order chi connectivity index (χ0) is 13.8. The van der Waals surface area contributed by atoms with Gasteiger partial charge in [-0.15, -0.1) is 0 Å². The Morgan fingerprint density at radius 1 is 1.42 bits per heavy atom. The summed E-state index contributed by atoms with van der Waals surface area (Å²) in [4.78, 5) is 22.7. The molecular formula is C12H19N5O2. The number of aromatic nitrogens is 2. The Morgan fingerprint density at radius 3 is 2.47 bits per heavy atom. The Labute approximate surface area is 112 Å². The maximum atomic E-state index is 10.6. The van der Waals surface area contributed by atoms with E-state index >= 15 is 0 Å². The van der Waals surface area contributed by atoms with E-state index in [0.29, 0.717) is 12.0 Å². The van der Waals surface area contributed by atoms with E-state index in [2.05, 4.69) is 21.8 Å². The predicted molar refractivity (Wildman–Crippen MR) is 72.2 cm³/mol. The SMILES string of the molecule is CCN1CCC(N(C)c2ncc([N+](=O)[O-])cn2)CC1. The van der Waals surface area contributed by atoms with Crippen molar-refractivity contribution in [3.05, 3.63) is 22.5 Å². The third-order valence-corrected chi connectivity index (χ3v) is 3.70. The molecule has 0 aliphatic carbocycles. The lowest BCUT2D eigenvalue weighted by Crippen LogP contribution is -2.43. The summed E-state index contributed by atoms with van der Waals surface area (Å²) >= 11 is 0. The molecule has 1 aliphatic rings. The zero-order valence-electron chi connectivity index (χ0n) is 11.3. The van der Waals surface area contributed by atoms with Crippen LogP contribution in [-0.2, 0) is 0 Å². The lowest BCUT2D eigenvalue weighted by molar-refractivity contribution is -0.385. The van der Waals surface area contributed by atoms with Crippen LogP contribution < -0.4 is 4.90 Å². The molecule has 1 fully saturated rings. The quantitative estimate of drug-likeness (QED) is 0.603. The molecule has 0 radical (unpaired) electrons. The maximum absolute atomic E-state index is 10.6. The number of piperidine rings is 1. The van der Waals surface area contributed by atoms with Crippen LogP contribution in [0.25, 0.3) is 0 Å². The summed E-state index contributed by atoms with van der Waals surface area (Å²) < 4.78 is 0. The number of hydrogen-bond donors (Lipinski definition) is 0. The fourth-order valence-corrected chi connectivity index (χ4v) is 2.38. The van der Waals surface area contributed by atoms with Crippen molar-refractivity contribution in [3.63, 3.8) is 0 Å². The lowest BCUT2D eigenvalue weighted by Gasteiger charge is -2.36. The molecule has 0 N–H and O–H groups in total. The maximum Gasteiger partial charge on any atom is 0.305 e. The second-order valence-corrected chi connectivity index (χ2v) is 4.77. The van der Waals surface area contributed by atoms with Crippen molar-refractivity contribution in [3.8, 4) is 0 Å². The highest BCUT2D eigenvalue weighted by atomic mass is 16.6. The first-order chi connectivity index (χ1) is 9.11. The highest BCUT2D eigenvalue weighted by molar-refractivity contribution is 5.34. The summed E-state index contributed by atoms with van der Waals surface area (Å²) in [6.07, 6.45) is 4.68. The van der Waals surface area contributed by atoms with Gasteiger partial charge in [0.1, 0.15) is 12.4 Å². The number of rotatable bonds is 4. The van der Waals surface area contributed by atoms with Gasteiger partial charge >= 0.3 is 5.69 Å². The fraction of sp³-hybridized carbons (Fsp3) is 0.667. The van der Waals surface area contributed by atoms with Gasteiger partial charge in [-0.2, -0.15) is 0 Å². The molecule has 0 aromatic carbocycles. The Balaban J connectivity index is 1.99. The van der Waals surface area contributed by atoms with Gasteiger partial charge in [0.25, 0.3) is 0 Å². The van der Waals surface area contributed by atoms with Gasteiger partial charge in [-0.3, -0.25) is 10.1 Å². The molecule has 0 amide bonds. The van der Waals surface area contributed by atoms with E-state index in [1.165, 1.54) is 12.4 Å². The smallest absolute Gasteiger partial charge is 0.305 e. The molecule has 2 heterocycles. The molecular weight excluding hydrogens is 246 g/mol. The van der Waals surface area contributed by atoms with Gasteiger partial charge in [0, 0.05) is 26.2 Å². The third kappa shape index (κ3) is 3.17. The molecule has 7 nitrogen and oxygen atoms in total. The lowest BCUT2D eigenvalue weighted by atomic mass is 10.0. The number of nitro groups is 1. The van der Waals surface area contributed by atoms with Crippen molar-refractivity contribution >= 4 is 11.6 Å². The summed E-state index contributed by atoms with van der Waals surface area (Å²) in [5, 5.41) is 10.6. The van der Waals surface area contributed by atoms with Crippen LogP contribution in [0.2, 0.25) is 0 Å². The van der Waals surface area contributed by atoms with Crippen LogP contribution in [0.3, 0.4) is 0 Å². The summed E-state index contributed by atoms with van der Waals surface area (Å²) in [7, 11) is 1.95. The Kier molecular flexibility index (Phi) is 4.26. The molecule has 1 aromatic heterocycles. The van der Waals surface area contributed by atoms with Crippen LogP contribution in [0.15, 0.2) is 12.4 Å². The Hall–Kier alpha value is -1.76. The van der Waals surface area contributed by atoms with Crippen LogP contribution in [0, 0.1) is 10.1 Å². The van der Waals surface area contributed by atoms with Gasteiger partial charge in [0.2, 0.25) is 5.95 Å². The topological polar surface area (TPSA) is 75.4 Å². The monoisotopic (exact) mass is 265 g/mol. The first kappa shape index (κ1) is 13.7. The number of nitrogens with zero attached hydrogens (tertiary/aromatic N) is 5. The molecule has 0 atom stereocenters. The normalized spacial score (nSPS) is 17.4. The van der Waals surface area contributed by atoms with Gasteiger partial charge in [-0.1, -0.05) is 6.92 Å². The number of anilines is 1. The molecule has 1 aromatic rings. The van der Waals surface area contributed by atoms with Gasteiger partial charge < -0.3 is 9.80 Å². The van der Waals surface area contributed by atoms with Gasteiger partial charge in [-0.05, 0) is 19.4 Å². The molecule has 2 rings (SSSR count). The van der Waals surface area contributed by atoms with Gasteiger partial charge in [0.05, 0.1) is 4.92 Å². The van der Waals surface area contributed by atoms with Crippen LogP contribution in [0.5, 0.6) is 0 Å². The van der Waals surface area contributed by atoms with Crippen LogP contribution in [0.1, 0.15) is 19.8 Å². The van der Waals surface area contributed by atoms with E-state index in [9.17, 15) is 10.1 Å². The Morgan fingerprint density at radius 2 is 2.00 bits per heavy atom. The molecule has 0 saturated carbocycles. The summed E-state index contributed by atoms with van der Waals surface area (Å²) in [6.45, 7) is 5.42. The predicted octanol–water partition coefficient (Wildman–Crippen LogP) is 1.31. The molecule has 1 saturated heterocycles. The van der Waals surface area contributed by atoms with E-state index in [-0.39, 0.29) is 5.69 Å². The first-order valence-electron chi connectivity index (χ1n) is 6.53. The average molecular weight is 265 g/mol. The van der Waals surface area contributed by atoms with Crippen molar-refractivity contribution in [1.29, 1.82) is 0 Å². The van der Waals surface area contributed by atoms with E-state index in [4.69, 9.17) is 0 Å². The zero-order valence-corrected chi connectivity index (χ0v) is 11.3. The van der Waals surface area contributed by atoms with Crippen LogP contribution >= 0.6 is 0 Å². The van der Waals surface area contributed by atoms with E-state index in [1.54, 1.807) is 0 Å². The average Bonchev–Trinajstić information content (AvgIpc) is 2.46. The van der Waals surface area contributed by atoms with Crippen molar-refractivity contribution in [1.82, 2.24) is 14.9 Å². The third-order valence-electron chi connectivity index (χ3n) is 3.70. The second-order valence-electron chi connectivity index (χ2n) is 4.77.